The number of halogens is 1. The predicted molar refractivity (Wildman–Crippen MR) is 87.4 cm³/mol. The zero-order valence-corrected chi connectivity index (χ0v) is 13.2. The molecule has 1 heterocycles. The quantitative estimate of drug-likeness (QED) is 0.741. The van der Waals surface area contributed by atoms with Crippen LogP contribution in [0.2, 0.25) is 5.02 Å². The third-order valence-corrected chi connectivity index (χ3v) is 3.81. The van der Waals surface area contributed by atoms with Crippen molar-refractivity contribution in [1.29, 1.82) is 0 Å². The first-order valence-corrected chi connectivity index (χ1v) is 7.31. The van der Waals surface area contributed by atoms with E-state index in [1.165, 1.54) is 25.1 Å². The Morgan fingerprint density at radius 3 is 2.70 bits per heavy atom. The van der Waals surface area contributed by atoms with Crippen LogP contribution >= 0.6 is 11.6 Å². The minimum Gasteiger partial charge on any atom is -0.507 e. The Bertz CT molecular complexity index is 990. The van der Waals surface area contributed by atoms with Crippen molar-refractivity contribution in [3.8, 4) is 11.5 Å². The molecule has 0 aliphatic carbocycles. The van der Waals surface area contributed by atoms with Gasteiger partial charge in [0.05, 0.1) is 5.39 Å². The first-order valence-electron chi connectivity index (χ1n) is 6.93. The number of benzene rings is 2. The molecule has 3 rings (SSSR count). The number of phenols is 1. The first-order chi connectivity index (χ1) is 10.9. The molecule has 0 saturated carbocycles. The standard InChI is InChI=1S/C17H13ClO5/c1-8(19)9(2)22-11-6-13(20)16-15(7-11)23-14-5-10(18)3-4-12(14)17(16)21/h3-7,9,20H,1-2H3/t9-/m0/s1. The highest BCUT2D eigenvalue weighted by molar-refractivity contribution is 6.31. The van der Waals surface area contributed by atoms with E-state index in [0.717, 1.165) is 0 Å². The maximum Gasteiger partial charge on any atom is 0.204 e. The van der Waals surface area contributed by atoms with Crippen molar-refractivity contribution in [2.75, 3.05) is 0 Å². The predicted octanol–water partition coefficient (Wildman–Crippen LogP) is 3.66. The molecule has 6 heteroatoms. The first kappa shape index (κ1) is 15.4. The number of hydrogen-bond acceptors (Lipinski definition) is 5. The smallest absolute Gasteiger partial charge is 0.204 e. The summed E-state index contributed by atoms with van der Waals surface area (Å²) >= 11 is 5.91. The molecule has 0 amide bonds. The molecular formula is C17H13ClO5. The van der Waals surface area contributed by atoms with Gasteiger partial charge in [0.2, 0.25) is 5.43 Å². The fourth-order valence-corrected chi connectivity index (χ4v) is 2.42. The van der Waals surface area contributed by atoms with Gasteiger partial charge >= 0.3 is 0 Å². The van der Waals surface area contributed by atoms with Gasteiger partial charge < -0.3 is 14.3 Å². The van der Waals surface area contributed by atoms with Crippen molar-refractivity contribution in [3.63, 3.8) is 0 Å². The molecule has 0 spiro atoms. The average molecular weight is 333 g/mol. The second kappa shape index (κ2) is 5.59. The van der Waals surface area contributed by atoms with Gasteiger partial charge in [0.1, 0.15) is 28.1 Å². The largest absolute Gasteiger partial charge is 0.507 e. The van der Waals surface area contributed by atoms with Crippen molar-refractivity contribution < 1.29 is 19.1 Å². The highest BCUT2D eigenvalue weighted by Crippen LogP contribution is 2.31. The summed E-state index contributed by atoms with van der Waals surface area (Å²) < 4.78 is 11.1. The van der Waals surface area contributed by atoms with E-state index in [2.05, 4.69) is 0 Å². The fourth-order valence-electron chi connectivity index (χ4n) is 2.26. The topological polar surface area (TPSA) is 76.7 Å². The van der Waals surface area contributed by atoms with Gasteiger partial charge in [-0.2, -0.15) is 0 Å². The van der Waals surface area contributed by atoms with Gasteiger partial charge in [-0.25, -0.2) is 0 Å². The Balaban J connectivity index is 2.25. The Morgan fingerprint density at radius 1 is 1.26 bits per heavy atom. The maximum absolute atomic E-state index is 12.5. The number of rotatable bonds is 3. The lowest BCUT2D eigenvalue weighted by molar-refractivity contribution is -0.122. The Labute approximate surface area is 136 Å². The highest BCUT2D eigenvalue weighted by atomic mass is 35.5. The van der Waals surface area contributed by atoms with E-state index in [0.29, 0.717) is 16.0 Å². The van der Waals surface area contributed by atoms with Gasteiger partial charge in [0.25, 0.3) is 0 Å². The summed E-state index contributed by atoms with van der Waals surface area (Å²) in [7, 11) is 0. The van der Waals surface area contributed by atoms with Crippen molar-refractivity contribution >= 4 is 39.3 Å². The van der Waals surface area contributed by atoms with Crippen LogP contribution in [0.15, 0.2) is 39.5 Å². The molecular weight excluding hydrogens is 320 g/mol. The van der Waals surface area contributed by atoms with E-state index in [4.69, 9.17) is 20.8 Å². The molecule has 5 nitrogen and oxygen atoms in total. The van der Waals surface area contributed by atoms with Crippen LogP contribution in [-0.2, 0) is 4.79 Å². The number of Topliss-reactive ketones (excluding diaryl/α,β-unsaturated/α-hetero) is 1. The number of fused-ring (bicyclic) bond motifs is 2. The van der Waals surface area contributed by atoms with E-state index in [1.807, 2.05) is 0 Å². The van der Waals surface area contributed by atoms with E-state index >= 15 is 0 Å². The van der Waals surface area contributed by atoms with Crippen LogP contribution in [0.1, 0.15) is 13.8 Å². The molecule has 0 radical (unpaired) electrons. The number of aromatic hydroxyl groups is 1. The average Bonchev–Trinajstić information content (AvgIpc) is 2.46. The van der Waals surface area contributed by atoms with Crippen LogP contribution in [0.5, 0.6) is 11.5 Å². The van der Waals surface area contributed by atoms with Crippen molar-refractivity contribution in [2.24, 2.45) is 0 Å². The van der Waals surface area contributed by atoms with E-state index in [1.54, 1.807) is 19.1 Å². The van der Waals surface area contributed by atoms with Gasteiger partial charge in [0, 0.05) is 23.2 Å². The molecule has 23 heavy (non-hydrogen) atoms. The summed E-state index contributed by atoms with van der Waals surface area (Å²) in [6, 6.07) is 7.41. The monoisotopic (exact) mass is 332 g/mol. The van der Waals surface area contributed by atoms with Crippen LogP contribution in [0.4, 0.5) is 0 Å². The summed E-state index contributed by atoms with van der Waals surface area (Å²) in [5.41, 5.74) is 0.114. The molecule has 1 N–H and O–H groups in total. The highest BCUT2D eigenvalue weighted by Gasteiger charge is 2.16. The summed E-state index contributed by atoms with van der Waals surface area (Å²) in [5, 5.41) is 11.0. The van der Waals surface area contributed by atoms with E-state index in [-0.39, 0.29) is 33.7 Å². The van der Waals surface area contributed by atoms with Gasteiger partial charge in [0.15, 0.2) is 11.9 Å². The molecule has 0 aliphatic heterocycles. The summed E-state index contributed by atoms with van der Waals surface area (Å²) in [4.78, 5) is 23.8. The molecule has 0 unspecified atom stereocenters. The van der Waals surface area contributed by atoms with Crippen molar-refractivity contribution in [3.05, 3.63) is 45.6 Å². The number of carbonyl (C=O) groups excluding carboxylic acids is 1. The van der Waals surface area contributed by atoms with E-state index in [9.17, 15) is 14.7 Å². The lowest BCUT2D eigenvalue weighted by Crippen LogP contribution is -2.20. The summed E-state index contributed by atoms with van der Waals surface area (Å²) in [5.74, 6) is -0.183. The molecule has 1 atom stereocenters. The second-order valence-corrected chi connectivity index (χ2v) is 5.69. The summed E-state index contributed by atoms with van der Waals surface area (Å²) in [6.45, 7) is 3.00. The Kier molecular flexibility index (Phi) is 3.74. The normalized spacial score (nSPS) is 12.5. The molecule has 118 valence electrons. The van der Waals surface area contributed by atoms with Crippen LogP contribution in [0.3, 0.4) is 0 Å². The van der Waals surface area contributed by atoms with Crippen molar-refractivity contribution in [2.45, 2.75) is 20.0 Å². The lowest BCUT2D eigenvalue weighted by Gasteiger charge is -2.12. The molecule has 0 aliphatic rings. The van der Waals surface area contributed by atoms with Gasteiger partial charge in [-0.3, -0.25) is 9.59 Å². The molecule has 1 aromatic heterocycles. The molecule has 0 bridgehead atoms. The SMILES string of the molecule is CC(=O)[C@H](C)Oc1cc(O)c2c(=O)c3ccc(Cl)cc3oc2c1. The number of phenolic OH excluding ortho intramolecular Hbond substituents is 1. The minimum absolute atomic E-state index is 0.0580. The number of carbonyl (C=O) groups is 1. The van der Waals surface area contributed by atoms with Gasteiger partial charge in [-0.05, 0) is 26.0 Å². The zero-order chi connectivity index (χ0) is 16.7. The van der Waals surface area contributed by atoms with E-state index < -0.39 is 6.10 Å². The molecule has 0 fully saturated rings. The van der Waals surface area contributed by atoms with Gasteiger partial charge in [-0.1, -0.05) is 11.6 Å². The van der Waals surface area contributed by atoms with Crippen LogP contribution in [-0.4, -0.2) is 17.0 Å². The third kappa shape index (κ3) is 2.75. The molecule has 2 aromatic carbocycles. The maximum atomic E-state index is 12.5. The Morgan fingerprint density at radius 2 is 2.00 bits per heavy atom. The fraction of sp³-hybridized carbons (Fsp3) is 0.176. The third-order valence-electron chi connectivity index (χ3n) is 3.58. The second-order valence-electron chi connectivity index (χ2n) is 5.26. The number of ketones is 1. The van der Waals surface area contributed by atoms with Gasteiger partial charge in [-0.15, -0.1) is 0 Å². The van der Waals surface area contributed by atoms with Crippen LogP contribution in [0, 0.1) is 0 Å². The molecule has 0 saturated heterocycles. The lowest BCUT2D eigenvalue weighted by atomic mass is 10.1. The zero-order valence-electron chi connectivity index (χ0n) is 12.4. The van der Waals surface area contributed by atoms with Crippen molar-refractivity contribution in [1.82, 2.24) is 0 Å². The number of hydrogen-bond donors (Lipinski definition) is 1. The number of ether oxygens (including phenoxy) is 1. The summed E-state index contributed by atoms with van der Waals surface area (Å²) in [6.07, 6.45) is -0.673. The van der Waals surface area contributed by atoms with Crippen LogP contribution in [0.25, 0.3) is 21.9 Å². The van der Waals surface area contributed by atoms with Crippen LogP contribution < -0.4 is 10.2 Å². The minimum atomic E-state index is -0.673. The Hall–Kier alpha value is -2.53. The molecule has 3 aromatic rings.